The van der Waals surface area contributed by atoms with E-state index >= 15 is 0 Å². The first-order chi connectivity index (χ1) is 18.8. The van der Waals surface area contributed by atoms with E-state index in [1.165, 1.54) is 6.33 Å². The highest BCUT2D eigenvalue weighted by Gasteiger charge is 2.21. The van der Waals surface area contributed by atoms with E-state index in [9.17, 15) is 9.59 Å². The number of nitrogens with zero attached hydrogens (tertiary/aromatic N) is 3. The Kier molecular flexibility index (Phi) is 9.06. The molecule has 2 heterocycles. The molecule has 0 saturated carbocycles. The van der Waals surface area contributed by atoms with Gasteiger partial charge in [-0.05, 0) is 66.9 Å². The number of hydrogen-bond acceptors (Lipinski definition) is 7. The van der Waals surface area contributed by atoms with Gasteiger partial charge in [0.1, 0.15) is 30.5 Å². The Bertz CT molecular complexity index is 1480. The van der Waals surface area contributed by atoms with Crippen molar-refractivity contribution in [2.75, 3.05) is 10.6 Å². The summed E-state index contributed by atoms with van der Waals surface area (Å²) in [4.78, 5) is 37.8. The standard InChI is InChI=1S/C29H29ClN6O3/c1-4-27(37)36-25(13-18(2)3)29(38)35-19-8-10-24-22(14-19)28(33-17-32-24)34-20-9-11-26(23(30)15-20)39-16-21-7-5-6-12-31-21/h4-12,14-15,17-18,25H,1,13,16H2,2-3H3,(H,35,38)(H,36,37)(H,32,33,34)/t25-/m0/s1. The van der Waals surface area contributed by atoms with Crippen molar-refractivity contribution in [3.05, 3.63) is 90.5 Å². The fourth-order valence-electron chi connectivity index (χ4n) is 3.86. The number of rotatable bonds is 11. The Balaban J connectivity index is 1.51. The molecule has 3 N–H and O–H groups in total. The normalized spacial score (nSPS) is 11.6. The van der Waals surface area contributed by atoms with Crippen LogP contribution in [0.2, 0.25) is 5.02 Å². The minimum absolute atomic E-state index is 0.199. The monoisotopic (exact) mass is 544 g/mol. The van der Waals surface area contributed by atoms with E-state index in [1.54, 1.807) is 36.5 Å². The lowest BCUT2D eigenvalue weighted by Gasteiger charge is -2.19. The summed E-state index contributed by atoms with van der Waals surface area (Å²) in [5, 5.41) is 9.98. The molecular formula is C29H29ClN6O3. The van der Waals surface area contributed by atoms with Gasteiger partial charge in [0, 0.05) is 23.0 Å². The van der Waals surface area contributed by atoms with Crippen molar-refractivity contribution in [1.82, 2.24) is 20.3 Å². The number of halogens is 1. The van der Waals surface area contributed by atoms with Crippen LogP contribution >= 0.6 is 11.6 Å². The fraction of sp³-hybridized carbons (Fsp3) is 0.207. The lowest BCUT2D eigenvalue weighted by molar-refractivity contribution is -0.124. The third-order valence-corrected chi connectivity index (χ3v) is 6.02. The molecular weight excluding hydrogens is 516 g/mol. The molecule has 0 bridgehead atoms. The highest BCUT2D eigenvalue weighted by Crippen LogP contribution is 2.31. The number of carbonyl (C=O) groups is 2. The molecule has 0 unspecified atom stereocenters. The van der Waals surface area contributed by atoms with E-state index in [0.717, 1.165) is 11.8 Å². The zero-order valence-corrected chi connectivity index (χ0v) is 22.4. The van der Waals surface area contributed by atoms with Crippen molar-refractivity contribution >= 4 is 51.5 Å². The highest BCUT2D eigenvalue weighted by molar-refractivity contribution is 6.32. The summed E-state index contributed by atoms with van der Waals surface area (Å²) in [6, 6.07) is 15.6. The van der Waals surface area contributed by atoms with E-state index in [4.69, 9.17) is 16.3 Å². The van der Waals surface area contributed by atoms with E-state index in [-0.39, 0.29) is 11.8 Å². The first-order valence-electron chi connectivity index (χ1n) is 12.4. The van der Waals surface area contributed by atoms with Crippen molar-refractivity contribution in [3.8, 4) is 5.75 Å². The molecule has 0 saturated heterocycles. The molecule has 200 valence electrons. The second-order valence-corrected chi connectivity index (χ2v) is 9.63. The Morgan fingerprint density at radius 2 is 1.87 bits per heavy atom. The number of aromatic nitrogens is 3. The minimum atomic E-state index is -0.698. The number of nitrogens with one attached hydrogen (secondary N) is 3. The molecule has 0 fully saturated rings. The molecule has 0 aliphatic heterocycles. The molecule has 10 heteroatoms. The van der Waals surface area contributed by atoms with Gasteiger partial charge < -0.3 is 20.7 Å². The Labute approximate surface area is 231 Å². The quantitative estimate of drug-likeness (QED) is 0.209. The number of carbonyl (C=O) groups excluding carboxylic acids is 2. The predicted molar refractivity (Wildman–Crippen MR) is 153 cm³/mol. The van der Waals surface area contributed by atoms with Crippen molar-refractivity contribution in [3.63, 3.8) is 0 Å². The number of hydrogen-bond donors (Lipinski definition) is 3. The summed E-state index contributed by atoms with van der Waals surface area (Å²) >= 11 is 6.47. The first kappa shape index (κ1) is 27.5. The Hall–Kier alpha value is -4.50. The summed E-state index contributed by atoms with van der Waals surface area (Å²) in [6.07, 6.45) is 4.80. The maximum Gasteiger partial charge on any atom is 0.246 e. The van der Waals surface area contributed by atoms with Gasteiger partial charge in [-0.2, -0.15) is 0 Å². The molecule has 0 aliphatic carbocycles. The van der Waals surface area contributed by atoms with Gasteiger partial charge in [0.15, 0.2) is 0 Å². The molecule has 0 aliphatic rings. The average Bonchev–Trinajstić information content (AvgIpc) is 2.92. The largest absolute Gasteiger partial charge is 0.486 e. The second kappa shape index (κ2) is 12.8. The highest BCUT2D eigenvalue weighted by atomic mass is 35.5. The number of amides is 2. The molecule has 2 amide bonds. The van der Waals surface area contributed by atoms with Crippen LogP contribution in [0.5, 0.6) is 5.75 Å². The van der Waals surface area contributed by atoms with Gasteiger partial charge in [0.2, 0.25) is 11.8 Å². The van der Waals surface area contributed by atoms with Crippen LogP contribution in [0.4, 0.5) is 17.2 Å². The minimum Gasteiger partial charge on any atom is -0.486 e. The van der Waals surface area contributed by atoms with Crippen LogP contribution in [-0.2, 0) is 16.2 Å². The predicted octanol–water partition coefficient (Wildman–Crippen LogP) is 5.66. The van der Waals surface area contributed by atoms with E-state index in [1.807, 2.05) is 38.1 Å². The molecule has 2 aromatic heterocycles. The number of fused-ring (bicyclic) bond motifs is 1. The van der Waals surface area contributed by atoms with Gasteiger partial charge in [0.25, 0.3) is 0 Å². The van der Waals surface area contributed by atoms with Crippen LogP contribution in [0.25, 0.3) is 10.9 Å². The van der Waals surface area contributed by atoms with E-state index in [0.29, 0.717) is 51.9 Å². The fourth-order valence-corrected chi connectivity index (χ4v) is 4.10. The topological polar surface area (TPSA) is 118 Å². The van der Waals surface area contributed by atoms with Crippen molar-refractivity contribution < 1.29 is 14.3 Å². The van der Waals surface area contributed by atoms with Gasteiger partial charge in [-0.15, -0.1) is 0 Å². The average molecular weight is 545 g/mol. The maximum absolute atomic E-state index is 13.0. The molecule has 1 atom stereocenters. The van der Waals surface area contributed by atoms with Crippen LogP contribution in [0, 0.1) is 5.92 Å². The zero-order valence-electron chi connectivity index (χ0n) is 21.6. The molecule has 0 radical (unpaired) electrons. The third kappa shape index (κ3) is 7.52. The van der Waals surface area contributed by atoms with E-state index in [2.05, 4.69) is 37.5 Å². The molecule has 4 rings (SSSR count). The zero-order chi connectivity index (χ0) is 27.8. The summed E-state index contributed by atoms with van der Waals surface area (Å²) in [7, 11) is 0. The smallest absolute Gasteiger partial charge is 0.246 e. The van der Waals surface area contributed by atoms with Gasteiger partial charge in [-0.25, -0.2) is 9.97 Å². The van der Waals surface area contributed by atoms with Crippen molar-refractivity contribution in [2.45, 2.75) is 32.9 Å². The summed E-state index contributed by atoms with van der Waals surface area (Å²) < 4.78 is 5.81. The van der Waals surface area contributed by atoms with Crippen molar-refractivity contribution in [1.29, 1.82) is 0 Å². The summed E-state index contributed by atoms with van der Waals surface area (Å²) in [5.41, 5.74) is 2.72. The Morgan fingerprint density at radius 3 is 2.59 bits per heavy atom. The number of benzene rings is 2. The summed E-state index contributed by atoms with van der Waals surface area (Å²) in [6.45, 7) is 7.73. The van der Waals surface area contributed by atoms with Gasteiger partial charge in [0.05, 0.1) is 16.2 Å². The molecule has 9 nitrogen and oxygen atoms in total. The molecule has 0 spiro atoms. The van der Waals surface area contributed by atoms with Crippen LogP contribution in [0.3, 0.4) is 0 Å². The number of ether oxygens (including phenoxy) is 1. The van der Waals surface area contributed by atoms with Crippen LogP contribution in [0.15, 0.2) is 79.8 Å². The molecule has 4 aromatic rings. The molecule has 2 aromatic carbocycles. The maximum atomic E-state index is 13.0. The summed E-state index contributed by atoms with van der Waals surface area (Å²) in [5.74, 6) is 0.543. The second-order valence-electron chi connectivity index (χ2n) is 9.22. The molecule has 39 heavy (non-hydrogen) atoms. The lowest BCUT2D eigenvalue weighted by atomic mass is 10.0. The first-order valence-corrected chi connectivity index (χ1v) is 12.8. The lowest BCUT2D eigenvalue weighted by Crippen LogP contribution is -2.44. The third-order valence-electron chi connectivity index (χ3n) is 5.72. The van der Waals surface area contributed by atoms with Gasteiger partial charge >= 0.3 is 0 Å². The van der Waals surface area contributed by atoms with Crippen molar-refractivity contribution in [2.24, 2.45) is 5.92 Å². The van der Waals surface area contributed by atoms with E-state index < -0.39 is 11.9 Å². The SMILES string of the molecule is C=CC(=O)N[C@@H](CC(C)C)C(=O)Nc1ccc2ncnc(Nc3ccc(OCc4ccccn4)c(Cl)c3)c2c1. The van der Waals surface area contributed by atoms with Gasteiger partial charge in [-0.1, -0.05) is 38.1 Å². The van der Waals surface area contributed by atoms with Crippen LogP contribution in [-0.4, -0.2) is 32.8 Å². The number of pyridine rings is 1. The van der Waals surface area contributed by atoms with Gasteiger partial charge in [-0.3, -0.25) is 14.6 Å². The van der Waals surface area contributed by atoms with Crippen LogP contribution in [0.1, 0.15) is 26.0 Å². The van der Waals surface area contributed by atoms with Crippen LogP contribution < -0.4 is 20.7 Å². The number of anilines is 3. The Morgan fingerprint density at radius 1 is 1.05 bits per heavy atom.